The Morgan fingerprint density at radius 2 is 2.08 bits per heavy atom. The third-order valence-electron chi connectivity index (χ3n) is 1.66. The number of aromatic amines is 1. The van der Waals surface area contributed by atoms with Crippen LogP contribution in [0, 0.1) is 0 Å². The fourth-order valence-corrected chi connectivity index (χ4v) is 0.938. The molecule has 0 atom stereocenters. The minimum atomic E-state index is 0. The van der Waals surface area contributed by atoms with E-state index in [2.05, 4.69) is 39.2 Å². The highest BCUT2D eigenvalue weighted by Gasteiger charge is 2.05. The first-order valence-corrected chi connectivity index (χ1v) is 3.81. The zero-order valence-corrected chi connectivity index (χ0v) is 6.94. The van der Waals surface area contributed by atoms with Crippen LogP contribution in [0.2, 0.25) is 0 Å². The highest BCUT2D eigenvalue weighted by atomic mass is 15.4. The van der Waals surface area contributed by atoms with Gasteiger partial charge in [0, 0.05) is 1.43 Å². The molecule has 0 aromatic carbocycles. The Morgan fingerprint density at radius 1 is 1.33 bits per heavy atom. The Labute approximate surface area is 70.7 Å². The molecule has 0 fully saturated rings. The average molecular weight is 165 g/mol. The fourth-order valence-electron chi connectivity index (χ4n) is 0.938. The molecule has 2 aromatic rings. The van der Waals surface area contributed by atoms with Gasteiger partial charge < -0.3 is 0 Å². The molecule has 0 aliphatic rings. The highest BCUT2D eigenvalue weighted by molar-refractivity contribution is 5.62. The Bertz CT molecular complexity index is 396. The third kappa shape index (κ3) is 1.03. The molecule has 2 rings (SSSR count). The van der Waals surface area contributed by atoms with E-state index in [1.165, 1.54) is 0 Å². The maximum absolute atomic E-state index is 4.27. The van der Waals surface area contributed by atoms with Crippen LogP contribution in [0.5, 0.6) is 0 Å². The van der Waals surface area contributed by atoms with E-state index >= 15 is 0 Å². The summed E-state index contributed by atoms with van der Waals surface area (Å²) in [6.45, 7) is 4.13. The van der Waals surface area contributed by atoms with Crippen molar-refractivity contribution in [3.63, 3.8) is 0 Å². The van der Waals surface area contributed by atoms with Crippen molar-refractivity contribution in [3.05, 3.63) is 11.9 Å². The van der Waals surface area contributed by atoms with Crippen molar-refractivity contribution in [2.75, 3.05) is 0 Å². The minimum Gasteiger partial charge on any atom is -0.230 e. The highest BCUT2D eigenvalue weighted by Crippen LogP contribution is 2.11. The van der Waals surface area contributed by atoms with Crippen LogP contribution in [-0.4, -0.2) is 25.4 Å². The molecule has 0 aliphatic heterocycles. The van der Waals surface area contributed by atoms with E-state index in [1.807, 2.05) is 0 Å². The molecule has 0 radical (unpaired) electrons. The lowest BCUT2D eigenvalue weighted by Gasteiger charge is -2.00. The lowest BCUT2D eigenvalue weighted by Crippen LogP contribution is -1.94. The molecule has 2 heterocycles. The summed E-state index contributed by atoms with van der Waals surface area (Å²) in [7, 11) is 0. The van der Waals surface area contributed by atoms with Gasteiger partial charge in [0.05, 0.1) is 11.9 Å². The number of H-pyrrole nitrogens is 1. The van der Waals surface area contributed by atoms with Crippen LogP contribution in [0.3, 0.4) is 0 Å². The molecule has 0 spiro atoms. The predicted octanol–water partition coefficient (Wildman–Crippen LogP) is 1.12. The summed E-state index contributed by atoms with van der Waals surface area (Å²) in [6.07, 6.45) is 1.73. The molecular formula is C7H11N5. The molecule has 0 unspecified atom stereocenters. The van der Waals surface area contributed by atoms with Crippen molar-refractivity contribution < 1.29 is 1.43 Å². The second-order valence-corrected chi connectivity index (χ2v) is 2.92. The summed E-state index contributed by atoms with van der Waals surface area (Å²) in [5.41, 5.74) is 2.09. The number of hydrogen-bond acceptors (Lipinski definition) is 4. The van der Waals surface area contributed by atoms with Gasteiger partial charge in [0.2, 0.25) is 11.3 Å². The van der Waals surface area contributed by atoms with Gasteiger partial charge >= 0.3 is 0 Å². The van der Waals surface area contributed by atoms with Gasteiger partial charge in [-0.15, -0.1) is 10.2 Å². The molecule has 1 N–H and O–H groups in total. The molecule has 64 valence electrons. The normalized spacial score (nSPS) is 11.2. The lowest BCUT2D eigenvalue weighted by atomic mass is 10.1. The number of fused-ring (bicyclic) bond motifs is 1. The Balaban J connectivity index is 0.000000845. The fraction of sp³-hybridized carbons (Fsp3) is 0.429. The molecule has 0 bridgehead atoms. The van der Waals surface area contributed by atoms with Crippen LogP contribution in [0.15, 0.2) is 6.20 Å². The van der Waals surface area contributed by atoms with E-state index in [0.717, 1.165) is 5.69 Å². The minimum absolute atomic E-state index is 0. The first kappa shape index (κ1) is 7.15. The van der Waals surface area contributed by atoms with E-state index in [9.17, 15) is 0 Å². The molecule has 12 heavy (non-hydrogen) atoms. The Morgan fingerprint density at radius 3 is 2.83 bits per heavy atom. The Kier molecular flexibility index (Phi) is 1.49. The van der Waals surface area contributed by atoms with Crippen LogP contribution >= 0.6 is 0 Å². The molecule has 0 aliphatic carbocycles. The summed E-state index contributed by atoms with van der Waals surface area (Å²) in [4.78, 5) is 8.36. The zero-order chi connectivity index (χ0) is 8.55. The maximum atomic E-state index is 4.27. The van der Waals surface area contributed by atoms with Crippen LogP contribution in [0.25, 0.3) is 11.3 Å². The lowest BCUT2D eigenvalue weighted by molar-refractivity contribution is 0.819. The van der Waals surface area contributed by atoms with Crippen LogP contribution < -0.4 is 0 Å². The topological polar surface area (TPSA) is 67.3 Å². The van der Waals surface area contributed by atoms with Crippen molar-refractivity contribution in [2.24, 2.45) is 0 Å². The first-order chi connectivity index (χ1) is 5.77. The molecular weight excluding hydrogens is 154 g/mol. The second kappa shape index (κ2) is 2.51. The third-order valence-corrected chi connectivity index (χ3v) is 1.66. The summed E-state index contributed by atoms with van der Waals surface area (Å²) in [5, 5.41) is 10.1. The zero-order valence-electron chi connectivity index (χ0n) is 6.94. The predicted molar refractivity (Wildman–Crippen MR) is 45.7 cm³/mol. The van der Waals surface area contributed by atoms with Gasteiger partial charge in [0.15, 0.2) is 0 Å². The molecule has 2 aromatic heterocycles. The van der Waals surface area contributed by atoms with E-state index in [1.54, 1.807) is 6.20 Å². The van der Waals surface area contributed by atoms with Gasteiger partial charge in [0.25, 0.3) is 0 Å². The van der Waals surface area contributed by atoms with Crippen molar-refractivity contribution >= 4 is 11.3 Å². The van der Waals surface area contributed by atoms with Crippen LogP contribution in [0.4, 0.5) is 0 Å². The van der Waals surface area contributed by atoms with Crippen LogP contribution in [-0.2, 0) is 0 Å². The van der Waals surface area contributed by atoms with E-state index < -0.39 is 0 Å². The van der Waals surface area contributed by atoms with Gasteiger partial charge in [-0.05, 0) is 5.92 Å². The monoisotopic (exact) mass is 165 g/mol. The van der Waals surface area contributed by atoms with Gasteiger partial charge in [-0.1, -0.05) is 13.8 Å². The second-order valence-electron chi connectivity index (χ2n) is 2.92. The number of hydrogen-bond donors (Lipinski definition) is 1. The smallest absolute Gasteiger partial charge is 0.221 e. The number of rotatable bonds is 1. The molecule has 0 amide bonds. The molecule has 5 nitrogen and oxygen atoms in total. The SMILES string of the molecule is CC(C)c1cnc2n[nH]nc2n1.[HH]. The maximum Gasteiger partial charge on any atom is 0.221 e. The van der Waals surface area contributed by atoms with Gasteiger partial charge in [0.1, 0.15) is 0 Å². The van der Waals surface area contributed by atoms with Gasteiger partial charge in [-0.3, -0.25) is 0 Å². The standard InChI is InChI=1S/C7H9N5.H2/c1-4(2)5-3-8-6-7(9-5)11-12-10-6;/h3-4H,1-2H3,(H,8,9,10,11,12);1H. The number of nitrogens with zero attached hydrogens (tertiary/aromatic N) is 4. The summed E-state index contributed by atoms with van der Waals surface area (Å²) >= 11 is 0. The summed E-state index contributed by atoms with van der Waals surface area (Å²) < 4.78 is 0. The van der Waals surface area contributed by atoms with E-state index in [0.29, 0.717) is 17.2 Å². The summed E-state index contributed by atoms with van der Waals surface area (Å²) in [6, 6.07) is 0. The van der Waals surface area contributed by atoms with Crippen LogP contribution in [0.1, 0.15) is 26.9 Å². The average Bonchev–Trinajstić information content (AvgIpc) is 2.49. The van der Waals surface area contributed by atoms with E-state index in [-0.39, 0.29) is 1.43 Å². The first-order valence-electron chi connectivity index (χ1n) is 3.81. The molecule has 5 heteroatoms. The van der Waals surface area contributed by atoms with Crippen molar-refractivity contribution in [1.82, 2.24) is 25.4 Å². The van der Waals surface area contributed by atoms with Gasteiger partial charge in [-0.25, -0.2) is 9.97 Å². The quantitative estimate of drug-likeness (QED) is 0.687. The van der Waals surface area contributed by atoms with Gasteiger partial charge in [-0.2, -0.15) is 5.21 Å². The summed E-state index contributed by atoms with van der Waals surface area (Å²) in [5.74, 6) is 0.374. The largest absolute Gasteiger partial charge is 0.230 e. The molecule has 0 saturated heterocycles. The molecule has 0 saturated carbocycles. The van der Waals surface area contributed by atoms with Crippen molar-refractivity contribution in [3.8, 4) is 0 Å². The van der Waals surface area contributed by atoms with Crippen molar-refractivity contribution in [1.29, 1.82) is 0 Å². The van der Waals surface area contributed by atoms with E-state index in [4.69, 9.17) is 0 Å². The number of aromatic nitrogens is 5. The Hall–Kier alpha value is -1.52. The number of nitrogens with one attached hydrogen (secondary N) is 1. The van der Waals surface area contributed by atoms with Crippen molar-refractivity contribution in [2.45, 2.75) is 19.8 Å².